The number of nitrogens with one attached hydrogen (secondary N) is 1. The summed E-state index contributed by atoms with van der Waals surface area (Å²) in [5, 5.41) is 4.19. The van der Waals surface area contributed by atoms with Gasteiger partial charge in [-0.25, -0.2) is 0 Å². The third-order valence-corrected chi connectivity index (χ3v) is 3.97. The maximum atomic E-state index is 6.01. The molecule has 1 aromatic carbocycles. The Kier molecular flexibility index (Phi) is 4.04. The summed E-state index contributed by atoms with van der Waals surface area (Å²) in [6, 6.07) is 7.98. The Morgan fingerprint density at radius 3 is 3.16 bits per heavy atom. The van der Waals surface area contributed by atoms with Crippen molar-refractivity contribution >= 4 is 17.5 Å². The average molecular weight is 279 g/mol. The normalized spacial score (nSPS) is 26.9. The van der Waals surface area contributed by atoms with Gasteiger partial charge in [0.05, 0.1) is 6.54 Å². The first-order valence-electron chi connectivity index (χ1n) is 6.97. The first-order chi connectivity index (χ1) is 9.31. The molecule has 1 aromatic rings. The van der Waals surface area contributed by atoms with Crippen LogP contribution in [0.2, 0.25) is 5.02 Å². The van der Waals surface area contributed by atoms with E-state index < -0.39 is 0 Å². The number of nitrogens with zero attached hydrogens (tertiary/aromatic N) is 1. The van der Waals surface area contributed by atoms with Gasteiger partial charge in [-0.2, -0.15) is 0 Å². The Balaban J connectivity index is 1.55. The Bertz CT molecular complexity index is 469. The van der Waals surface area contributed by atoms with E-state index in [1.165, 1.54) is 18.4 Å². The van der Waals surface area contributed by atoms with Gasteiger partial charge in [-0.05, 0) is 37.1 Å². The summed E-state index contributed by atoms with van der Waals surface area (Å²) >= 11 is 6.00. The SMILES string of the molecule is Clc1cccc(CC2CN=C(C3CCCNC3)O2)c1. The second-order valence-corrected chi connectivity index (χ2v) is 5.73. The van der Waals surface area contributed by atoms with Crippen LogP contribution in [0.15, 0.2) is 29.3 Å². The molecule has 2 atom stereocenters. The van der Waals surface area contributed by atoms with Gasteiger partial charge in [0.25, 0.3) is 0 Å². The molecule has 102 valence electrons. The highest BCUT2D eigenvalue weighted by atomic mass is 35.5. The van der Waals surface area contributed by atoms with E-state index in [0.717, 1.165) is 37.0 Å². The predicted octanol–water partition coefficient (Wildman–Crippen LogP) is 2.68. The Morgan fingerprint density at radius 2 is 2.37 bits per heavy atom. The Hall–Kier alpha value is -1.06. The molecule has 0 bridgehead atoms. The highest BCUT2D eigenvalue weighted by Gasteiger charge is 2.27. The molecule has 2 unspecified atom stereocenters. The number of piperidine rings is 1. The fourth-order valence-electron chi connectivity index (χ4n) is 2.76. The minimum Gasteiger partial charge on any atom is -0.475 e. The molecule has 3 rings (SSSR count). The molecule has 0 amide bonds. The Morgan fingerprint density at radius 1 is 1.42 bits per heavy atom. The van der Waals surface area contributed by atoms with Crippen molar-refractivity contribution in [1.82, 2.24) is 5.32 Å². The maximum Gasteiger partial charge on any atom is 0.188 e. The molecular formula is C15H19ClN2O. The summed E-state index contributed by atoms with van der Waals surface area (Å²) in [6.45, 7) is 2.90. The number of rotatable bonds is 3. The highest BCUT2D eigenvalue weighted by molar-refractivity contribution is 6.30. The van der Waals surface area contributed by atoms with Crippen LogP contribution >= 0.6 is 11.6 Å². The van der Waals surface area contributed by atoms with E-state index >= 15 is 0 Å². The van der Waals surface area contributed by atoms with Crippen LogP contribution in [0.5, 0.6) is 0 Å². The second-order valence-electron chi connectivity index (χ2n) is 5.30. The van der Waals surface area contributed by atoms with E-state index in [1.807, 2.05) is 18.2 Å². The van der Waals surface area contributed by atoms with Gasteiger partial charge in [0.2, 0.25) is 0 Å². The molecule has 1 saturated heterocycles. The third kappa shape index (κ3) is 3.28. The summed E-state index contributed by atoms with van der Waals surface area (Å²) in [5.41, 5.74) is 1.22. The van der Waals surface area contributed by atoms with Crippen LogP contribution in [0.4, 0.5) is 0 Å². The second kappa shape index (κ2) is 5.93. The zero-order valence-electron chi connectivity index (χ0n) is 10.9. The van der Waals surface area contributed by atoms with Gasteiger partial charge in [0, 0.05) is 23.9 Å². The van der Waals surface area contributed by atoms with Crippen LogP contribution in [-0.4, -0.2) is 31.6 Å². The number of aliphatic imine (C=N–C) groups is 1. The molecule has 0 aromatic heterocycles. The van der Waals surface area contributed by atoms with Crippen LogP contribution < -0.4 is 5.32 Å². The van der Waals surface area contributed by atoms with Crippen molar-refractivity contribution in [2.24, 2.45) is 10.9 Å². The first-order valence-corrected chi connectivity index (χ1v) is 7.35. The van der Waals surface area contributed by atoms with Crippen LogP contribution in [0.3, 0.4) is 0 Å². The van der Waals surface area contributed by atoms with Gasteiger partial charge in [-0.1, -0.05) is 23.7 Å². The van der Waals surface area contributed by atoms with Gasteiger partial charge >= 0.3 is 0 Å². The van der Waals surface area contributed by atoms with Crippen molar-refractivity contribution in [3.63, 3.8) is 0 Å². The highest BCUT2D eigenvalue weighted by Crippen LogP contribution is 2.21. The number of hydrogen-bond acceptors (Lipinski definition) is 3. The number of halogens is 1. The molecule has 2 aliphatic rings. The standard InChI is InChI=1S/C15H19ClN2O/c16-13-5-1-3-11(7-13)8-14-10-18-15(19-14)12-4-2-6-17-9-12/h1,3,5,7,12,14,17H,2,4,6,8-10H2. The fourth-order valence-corrected chi connectivity index (χ4v) is 2.97. The summed E-state index contributed by atoms with van der Waals surface area (Å²) < 4.78 is 6.01. The fraction of sp³-hybridized carbons (Fsp3) is 0.533. The van der Waals surface area contributed by atoms with Gasteiger partial charge < -0.3 is 10.1 Å². The molecule has 1 N–H and O–H groups in total. The minimum absolute atomic E-state index is 0.176. The number of benzene rings is 1. The molecule has 19 heavy (non-hydrogen) atoms. The lowest BCUT2D eigenvalue weighted by atomic mass is 10.00. The molecule has 2 heterocycles. The lowest BCUT2D eigenvalue weighted by Crippen LogP contribution is -2.35. The van der Waals surface area contributed by atoms with Crippen molar-refractivity contribution < 1.29 is 4.74 Å². The van der Waals surface area contributed by atoms with Crippen molar-refractivity contribution in [2.75, 3.05) is 19.6 Å². The third-order valence-electron chi connectivity index (χ3n) is 3.74. The average Bonchev–Trinajstić information content (AvgIpc) is 2.88. The van der Waals surface area contributed by atoms with Crippen molar-refractivity contribution in [3.05, 3.63) is 34.9 Å². The van der Waals surface area contributed by atoms with Crippen LogP contribution in [-0.2, 0) is 11.2 Å². The molecule has 3 nitrogen and oxygen atoms in total. The van der Waals surface area contributed by atoms with E-state index in [2.05, 4.69) is 16.4 Å². The van der Waals surface area contributed by atoms with Crippen molar-refractivity contribution in [1.29, 1.82) is 0 Å². The lowest BCUT2D eigenvalue weighted by Gasteiger charge is -2.23. The number of ether oxygens (including phenoxy) is 1. The predicted molar refractivity (Wildman–Crippen MR) is 77.9 cm³/mol. The molecule has 4 heteroatoms. The molecule has 2 aliphatic heterocycles. The zero-order chi connectivity index (χ0) is 13.1. The van der Waals surface area contributed by atoms with E-state index in [9.17, 15) is 0 Å². The summed E-state index contributed by atoms with van der Waals surface area (Å²) in [4.78, 5) is 4.58. The Labute approximate surface area is 119 Å². The van der Waals surface area contributed by atoms with Crippen LogP contribution in [0.1, 0.15) is 18.4 Å². The largest absolute Gasteiger partial charge is 0.475 e. The first kappa shape index (κ1) is 12.9. The monoisotopic (exact) mass is 278 g/mol. The van der Waals surface area contributed by atoms with Crippen LogP contribution in [0.25, 0.3) is 0 Å². The van der Waals surface area contributed by atoms with Gasteiger partial charge in [-0.3, -0.25) is 4.99 Å². The molecular weight excluding hydrogens is 260 g/mol. The topological polar surface area (TPSA) is 33.6 Å². The van der Waals surface area contributed by atoms with Crippen molar-refractivity contribution in [3.8, 4) is 0 Å². The number of hydrogen-bond donors (Lipinski definition) is 1. The van der Waals surface area contributed by atoms with Gasteiger partial charge in [0.1, 0.15) is 6.10 Å². The zero-order valence-corrected chi connectivity index (χ0v) is 11.7. The molecule has 0 radical (unpaired) electrons. The lowest BCUT2D eigenvalue weighted by molar-refractivity contribution is 0.205. The van der Waals surface area contributed by atoms with E-state index in [4.69, 9.17) is 16.3 Å². The van der Waals surface area contributed by atoms with Gasteiger partial charge in [0.15, 0.2) is 5.90 Å². The van der Waals surface area contributed by atoms with Gasteiger partial charge in [-0.15, -0.1) is 0 Å². The smallest absolute Gasteiger partial charge is 0.188 e. The summed E-state index contributed by atoms with van der Waals surface area (Å²) in [6.07, 6.45) is 3.46. The van der Waals surface area contributed by atoms with E-state index in [1.54, 1.807) is 0 Å². The van der Waals surface area contributed by atoms with Crippen molar-refractivity contribution in [2.45, 2.75) is 25.4 Å². The molecule has 0 spiro atoms. The molecule has 0 aliphatic carbocycles. The molecule has 1 fully saturated rings. The minimum atomic E-state index is 0.176. The van der Waals surface area contributed by atoms with E-state index in [0.29, 0.717) is 5.92 Å². The summed E-state index contributed by atoms with van der Waals surface area (Å²) in [5.74, 6) is 1.43. The maximum absolute atomic E-state index is 6.01. The van der Waals surface area contributed by atoms with Crippen LogP contribution in [0, 0.1) is 5.92 Å². The van der Waals surface area contributed by atoms with E-state index in [-0.39, 0.29) is 6.10 Å². The molecule has 0 saturated carbocycles. The quantitative estimate of drug-likeness (QED) is 0.922. The summed E-state index contributed by atoms with van der Waals surface area (Å²) in [7, 11) is 0.